The number of aliphatic hydroxyl groups excluding tert-OH is 2. The second-order valence-corrected chi connectivity index (χ2v) is 12.7. The average molecular weight is 464 g/mol. The van der Waals surface area contributed by atoms with Gasteiger partial charge in [0.15, 0.2) is 0 Å². The van der Waals surface area contributed by atoms with Crippen molar-refractivity contribution >= 4 is 5.91 Å². The molecule has 0 radical (unpaired) electrons. The summed E-state index contributed by atoms with van der Waals surface area (Å²) < 4.78 is 5.06. The van der Waals surface area contributed by atoms with Crippen LogP contribution in [0.1, 0.15) is 91.4 Å². The lowest BCUT2D eigenvalue weighted by atomic mass is 9.43. The van der Waals surface area contributed by atoms with E-state index in [0.717, 1.165) is 38.5 Å². The van der Waals surface area contributed by atoms with Gasteiger partial charge < -0.3 is 20.3 Å². The van der Waals surface area contributed by atoms with Crippen LogP contribution in [-0.4, -0.2) is 48.6 Å². The first-order chi connectivity index (χ1) is 15.7. The number of hydrogen-bond acceptors (Lipinski definition) is 4. The number of carbonyl (C=O) groups excluding carboxylic acids is 1. The maximum atomic E-state index is 12.3. The Morgan fingerprint density at radius 2 is 1.79 bits per heavy atom. The van der Waals surface area contributed by atoms with Gasteiger partial charge in [-0.25, -0.2) is 0 Å². The van der Waals surface area contributed by atoms with Gasteiger partial charge in [-0.1, -0.05) is 20.8 Å². The lowest BCUT2D eigenvalue weighted by Gasteiger charge is -2.62. The predicted octanol–water partition coefficient (Wildman–Crippen LogP) is 4.55. The molecule has 1 amide bonds. The van der Waals surface area contributed by atoms with Crippen molar-refractivity contribution in [2.24, 2.45) is 46.3 Å². The molecule has 10 atom stereocenters. The summed E-state index contributed by atoms with van der Waals surface area (Å²) >= 11 is 0. The molecule has 4 aliphatic carbocycles. The highest BCUT2D eigenvalue weighted by Gasteiger charge is 2.62. The number of rotatable bonds is 8. The van der Waals surface area contributed by atoms with Crippen LogP contribution in [0.25, 0.3) is 0 Å². The van der Waals surface area contributed by atoms with E-state index in [2.05, 4.69) is 26.1 Å². The minimum Gasteiger partial charge on any atom is -0.393 e. The van der Waals surface area contributed by atoms with Gasteiger partial charge in [0.1, 0.15) is 0 Å². The Hall–Kier alpha value is -0.650. The third-order valence-electron chi connectivity index (χ3n) is 11.1. The van der Waals surface area contributed by atoms with Crippen molar-refractivity contribution in [3.63, 3.8) is 0 Å². The summed E-state index contributed by atoms with van der Waals surface area (Å²) in [7, 11) is 1.69. The summed E-state index contributed by atoms with van der Waals surface area (Å²) in [5, 5.41) is 24.7. The van der Waals surface area contributed by atoms with Gasteiger partial charge in [0, 0.05) is 26.7 Å². The van der Waals surface area contributed by atoms with Gasteiger partial charge in [-0.15, -0.1) is 0 Å². The summed E-state index contributed by atoms with van der Waals surface area (Å²) in [5.41, 5.74) is 0.572. The number of carbonyl (C=O) groups is 1. The molecular formula is C28H49NO4. The number of amides is 1. The van der Waals surface area contributed by atoms with E-state index < -0.39 is 0 Å². The van der Waals surface area contributed by atoms with E-state index in [-0.39, 0.29) is 28.9 Å². The van der Waals surface area contributed by atoms with Crippen molar-refractivity contribution < 1.29 is 19.7 Å². The molecule has 4 aliphatic rings. The molecule has 0 bridgehead atoms. The number of hydrogen-bond donors (Lipinski definition) is 3. The normalized spacial score (nSPS) is 45.6. The zero-order chi connectivity index (χ0) is 23.8. The van der Waals surface area contributed by atoms with E-state index in [9.17, 15) is 15.0 Å². The highest BCUT2D eigenvalue weighted by Crippen LogP contribution is 2.68. The van der Waals surface area contributed by atoms with Gasteiger partial charge in [-0.2, -0.15) is 0 Å². The Morgan fingerprint density at radius 1 is 1.06 bits per heavy atom. The predicted molar refractivity (Wildman–Crippen MR) is 131 cm³/mol. The molecule has 5 nitrogen and oxygen atoms in total. The topological polar surface area (TPSA) is 78.8 Å². The highest BCUT2D eigenvalue weighted by molar-refractivity contribution is 5.75. The van der Waals surface area contributed by atoms with Gasteiger partial charge >= 0.3 is 0 Å². The number of aliphatic hydroxyl groups is 2. The largest absolute Gasteiger partial charge is 0.393 e. The zero-order valence-corrected chi connectivity index (χ0v) is 21.5. The van der Waals surface area contributed by atoms with Crippen LogP contribution in [0.5, 0.6) is 0 Å². The summed E-state index contributed by atoms with van der Waals surface area (Å²) in [6.45, 7) is 8.74. The van der Waals surface area contributed by atoms with Crippen molar-refractivity contribution in [2.45, 2.75) is 104 Å². The van der Waals surface area contributed by atoms with Crippen molar-refractivity contribution in [3.05, 3.63) is 0 Å². The van der Waals surface area contributed by atoms with Crippen LogP contribution in [-0.2, 0) is 9.53 Å². The van der Waals surface area contributed by atoms with E-state index in [1.54, 1.807) is 7.11 Å². The number of ether oxygens (including phenoxy) is 1. The zero-order valence-electron chi connectivity index (χ0n) is 21.5. The Bertz CT molecular complexity index is 685. The Kier molecular flexibility index (Phi) is 7.82. The standard InChI is InChI=1S/C28H49NO4/c1-18(6-9-25(32)29-14-5-15-33-4)21-7-8-22-26-23(11-13-28(21,22)3)27(2)12-10-20(30)16-19(27)17-24(26)31/h18-24,26,30-31H,5-17H2,1-4H3,(H,29,32)/t18-,19+,20-,21-,22+,23+,24+,26+,27+,28-/m1/s1. The lowest BCUT2D eigenvalue weighted by molar-refractivity contribution is -0.174. The molecule has 0 aromatic rings. The molecule has 0 heterocycles. The van der Waals surface area contributed by atoms with Crippen LogP contribution < -0.4 is 5.32 Å². The Labute approximate surface area is 201 Å². The highest BCUT2D eigenvalue weighted by atomic mass is 16.5. The van der Waals surface area contributed by atoms with Crippen molar-refractivity contribution in [1.82, 2.24) is 5.32 Å². The van der Waals surface area contributed by atoms with Gasteiger partial charge in [0.2, 0.25) is 5.91 Å². The number of methoxy groups -OCH3 is 1. The molecule has 33 heavy (non-hydrogen) atoms. The molecule has 0 aliphatic heterocycles. The first-order valence-electron chi connectivity index (χ1n) is 13.8. The summed E-state index contributed by atoms with van der Waals surface area (Å²) in [5.74, 6) is 3.45. The van der Waals surface area contributed by atoms with Crippen LogP contribution in [0.4, 0.5) is 0 Å². The molecule has 3 N–H and O–H groups in total. The second-order valence-electron chi connectivity index (χ2n) is 12.7. The fraction of sp³-hybridized carbons (Fsp3) is 0.964. The third-order valence-corrected chi connectivity index (χ3v) is 11.1. The quantitative estimate of drug-likeness (QED) is 0.462. The molecule has 190 valence electrons. The SMILES string of the molecule is COCCCNC(=O)CC[C@@H](C)[C@H]1CC[C@H]2[C@@H]3[C@@H](O)C[C@@H]4C[C@H](O)CC[C@]4(C)[C@H]3CC[C@]12C. The van der Waals surface area contributed by atoms with Gasteiger partial charge in [0.25, 0.3) is 0 Å². The molecule has 4 fully saturated rings. The van der Waals surface area contributed by atoms with Crippen LogP contribution in [0.15, 0.2) is 0 Å². The summed E-state index contributed by atoms with van der Waals surface area (Å²) in [6.07, 6.45) is 10.8. The molecule has 0 spiro atoms. The van der Waals surface area contributed by atoms with Gasteiger partial charge in [0.05, 0.1) is 12.2 Å². The van der Waals surface area contributed by atoms with Crippen molar-refractivity contribution in [1.29, 1.82) is 0 Å². The van der Waals surface area contributed by atoms with Gasteiger partial charge in [-0.05, 0) is 111 Å². The molecule has 0 saturated heterocycles. The number of fused-ring (bicyclic) bond motifs is 5. The average Bonchev–Trinajstić information content (AvgIpc) is 3.13. The fourth-order valence-electron chi connectivity index (χ4n) is 9.27. The first-order valence-corrected chi connectivity index (χ1v) is 13.8. The van der Waals surface area contributed by atoms with E-state index in [1.807, 2.05) is 0 Å². The van der Waals surface area contributed by atoms with E-state index in [0.29, 0.717) is 55.1 Å². The number of nitrogens with one attached hydrogen (secondary N) is 1. The summed E-state index contributed by atoms with van der Waals surface area (Å²) in [4.78, 5) is 12.3. The molecule has 0 aromatic carbocycles. The maximum absolute atomic E-state index is 12.3. The van der Waals surface area contributed by atoms with Crippen LogP contribution in [0.3, 0.4) is 0 Å². The Morgan fingerprint density at radius 3 is 2.55 bits per heavy atom. The van der Waals surface area contributed by atoms with E-state index in [1.165, 1.54) is 25.7 Å². The first kappa shape index (κ1) is 25.4. The van der Waals surface area contributed by atoms with Crippen LogP contribution >= 0.6 is 0 Å². The molecule has 5 heteroatoms. The van der Waals surface area contributed by atoms with Gasteiger partial charge in [-0.3, -0.25) is 4.79 Å². The minimum absolute atomic E-state index is 0.169. The summed E-state index contributed by atoms with van der Waals surface area (Å²) in [6, 6.07) is 0. The second kappa shape index (κ2) is 10.1. The maximum Gasteiger partial charge on any atom is 0.220 e. The van der Waals surface area contributed by atoms with Crippen LogP contribution in [0, 0.1) is 46.3 Å². The molecule has 4 rings (SSSR count). The molecule has 0 unspecified atom stereocenters. The van der Waals surface area contributed by atoms with Crippen LogP contribution in [0.2, 0.25) is 0 Å². The van der Waals surface area contributed by atoms with E-state index in [4.69, 9.17) is 4.74 Å². The molecular weight excluding hydrogens is 414 g/mol. The minimum atomic E-state index is -0.213. The molecule has 4 saturated carbocycles. The van der Waals surface area contributed by atoms with Crippen molar-refractivity contribution in [3.8, 4) is 0 Å². The van der Waals surface area contributed by atoms with Crippen molar-refractivity contribution in [2.75, 3.05) is 20.3 Å². The van der Waals surface area contributed by atoms with E-state index >= 15 is 0 Å². The fourth-order valence-corrected chi connectivity index (χ4v) is 9.27. The molecule has 0 aromatic heterocycles. The monoisotopic (exact) mass is 463 g/mol. The smallest absolute Gasteiger partial charge is 0.220 e. The third kappa shape index (κ3) is 4.76. The lowest BCUT2D eigenvalue weighted by Crippen LogP contribution is -2.58. The Balaban J connectivity index is 1.39.